The van der Waals surface area contributed by atoms with Gasteiger partial charge in [-0.1, -0.05) is 41.9 Å². The van der Waals surface area contributed by atoms with Gasteiger partial charge in [0.1, 0.15) is 12.4 Å². The van der Waals surface area contributed by atoms with E-state index in [2.05, 4.69) is 10.5 Å². The summed E-state index contributed by atoms with van der Waals surface area (Å²) in [6.45, 7) is 4.55. The van der Waals surface area contributed by atoms with Crippen molar-refractivity contribution in [1.82, 2.24) is 5.43 Å². The zero-order valence-corrected chi connectivity index (χ0v) is 18.8. The van der Waals surface area contributed by atoms with Crippen molar-refractivity contribution in [3.05, 3.63) is 88.4 Å². The molecule has 0 aliphatic carbocycles. The van der Waals surface area contributed by atoms with Crippen LogP contribution in [0.1, 0.15) is 23.6 Å². The molecule has 0 aliphatic rings. The Bertz CT molecular complexity index is 1090. The molecule has 6 nitrogen and oxygen atoms in total. The molecule has 0 bridgehead atoms. The highest BCUT2D eigenvalue weighted by Crippen LogP contribution is 2.29. The number of para-hydroxylation sites is 1. The van der Waals surface area contributed by atoms with Crippen LogP contribution in [-0.2, 0) is 11.4 Å². The monoisotopic (exact) mass is 452 g/mol. The fourth-order valence-electron chi connectivity index (χ4n) is 2.85. The Morgan fingerprint density at radius 3 is 2.59 bits per heavy atom. The van der Waals surface area contributed by atoms with Crippen molar-refractivity contribution in [2.75, 3.05) is 13.2 Å². The minimum atomic E-state index is -0.351. The van der Waals surface area contributed by atoms with Crippen molar-refractivity contribution in [2.45, 2.75) is 20.5 Å². The number of aryl methyl sites for hydroxylation is 1. The molecule has 3 aromatic rings. The number of ether oxygens (including phenoxy) is 3. The van der Waals surface area contributed by atoms with Gasteiger partial charge < -0.3 is 14.2 Å². The highest BCUT2D eigenvalue weighted by atomic mass is 35.5. The first-order valence-electron chi connectivity index (χ1n) is 10.2. The van der Waals surface area contributed by atoms with Gasteiger partial charge in [0.2, 0.25) is 0 Å². The Balaban J connectivity index is 1.56. The molecular formula is C25H25ClN2O4. The smallest absolute Gasteiger partial charge is 0.277 e. The lowest BCUT2D eigenvalue weighted by Crippen LogP contribution is -2.24. The largest absolute Gasteiger partial charge is 0.490 e. The van der Waals surface area contributed by atoms with Crippen molar-refractivity contribution < 1.29 is 19.0 Å². The zero-order chi connectivity index (χ0) is 22.8. The molecule has 0 saturated carbocycles. The summed E-state index contributed by atoms with van der Waals surface area (Å²) in [5.41, 5.74) is 5.14. The maximum atomic E-state index is 12.0. The number of halogens is 1. The second-order valence-corrected chi connectivity index (χ2v) is 7.34. The molecule has 0 unspecified atom stereocenters. The van der Waals surface area contributed by atoms with Crippen LogP contribution < -0.4 is 19.6 Å². The number of hydrogen-bond donors (Lipinski definition) is 1. The lowest BCUT2D eigenvalue weighted by molar-refractivity contribution is -0.123. The number of benzene rings is 3. The van der Waals surface area contributed by atoms with Crippen molar-refractivity contribution in [3.8, 4) is 17.2 Å². The molecule has 0 aromatic heterocycles. The molecular weight excluding hydrogens is 428 g/mol. The predicted molar refractivity (Wildman–Crippen MR) is 126 cm³/mol. The number of hydrazone groups is 1. The lowest BCUT2D eigenvalue weighted by Gasteiger charge is -2.13. The second-order valence-electron chi connectivity index (χ2n) is 6.91. The van der Waals surface area contributed by atoms with Crippen LogP contribution in [0.25, 0.3) is 0 Å². The fraction of sp³-hybridized carbons (Fsp3) is 0.200. The van der Waals surface area contributed by atoms with Gasteiger partial charge in [-0.15, -0.1) is 0 Å². The summed E-state index contributed by atoms with van der Waals surface area (Å²) in [5, 5.41) is 4.66. The minimum Gasteiger partial charge on any atom is -0.490 e. The molecule has 3 aromatic carbocycles. The lowest BCUT2D eigenvalue weighted by atomic mass is 10.2. The number of hydrogen-bond acceptors (Lipinski definition) is 5. The molecule has 1 amide bonds. The number of carbonyl (C=O) groups is 1. The summed E-state index contributed by atoms with van der Waals surface area (Å²) in [6.07, 6.45) is 1.54. The molecule has 0 spiro atoms. The second kappa shape index (κ2) is 11.8. The Kier molecular flexibility index (Phi) is 8.52. The van der Waals surface area contributed by atoms with Gasteiger partial charge in [0.15, 0.2) is 18.1 Å². The average Bonchev–Trinajstić information content (AvgIpc) is 2.78. The van der Waals surface area contributed by atoms with Crippen LogP contribution in [0.5, 0.6) is 17.2 Å². The summed E-state index contributed by atoms with van der Waals surface area (Å²) in [4.78, 5) is 12.0. The third-order valence-corrected chi connectivity index (χ3v) is 4.64. The van der Waals surface area contributed by atoms with Gasteiger partial charge >= 0.3 is 0 Å². The van der Waals surface area contributed by atoms with E-state index in [-0.39, 0.29) is 12.5 Å². The Hall–Kier alpha value is -3.51. The van der Waals surface area contributed by atoms with Crippen molar-refractivity contribution in [2.24, 2.45) is 5.10 Å². The third-order valence-electron chi connectivity index (χ3n) is 4.41. The molecule has 0 radical (unpaired) electrons. The quantitative estimate of drug-likeness (QED) is 0.341. The molecule has 1 N–H and O–H groups in total. The zero-order valence-electron chi connectivity index (χ0n) is 18.0. The van der Waals surface area contributed by atoms with E-state index in [1.54, 1.807) is 12.1 Å². The van der Waals surface area contributed by atoms with Gasteiger partial charge in [-0.05, 0) is 66.9 Å². The van der Waals surface area contributed by atoms with Crippen molar-refractivity contribution >= 4 is 23.7 Å². The highest BCUT2D eigenvalue weighted by Gasteiger charge is 2.07. The molecule has 0 aliphatic heterocycles. The number of nitrogens with zero attached hydrogens (tertiary/aromatic N) is 1. The van der Waals surface area contributed by atoms with Crippen LogP contribution in [-0.4, -0.2) is 25.3 Å². The standard InChI is InChI=1S/C25H25ClN2O4/c1-3-30-24-14-19(11-12-23(24)31-16-20-8-6-9-21(26)13-20)15-27-28-25(29)17-32-22-10-5-4-7-18(22)2/h4-15H,3,16-17H2,1-2H3,(H,28,29)/b27-15-. The van der Waals surface area contributed by atoms with Gasteiger partial charge in [0, 0.05) is 5.02 Å². The molecule has 166 valence electrons. The summed E-state index contributed by atoms with van der Waals surface area (Å²) in [6, 6.07) is 20.4. The van der Waals surface area contributed by atoms with E-state index < -0.39 is 0 Å². The first-order chi connectivity index (χ1) is 15.5. The van der Waals surface area contributed by atoms with Gasteiger partial charge in [-0.25, -0.2) is 5.43 Å². The van der Waals surface area contributed by atoms with Gasteiger partial charge in [0.25, 0.3) is 5.91 Å². The summed E-state index contributed by atoms with van der Waals surface area (Å²) in [5.74, 6) is 1.52. The molecule has 3 rings (SSSR count). The minimum absolute atomic E-state index is 0.122. The van der Waals surface area contributed by atoms with E-state index in [1.165, 1.54) is 6.21 Å². The predicted octanol–water partition coefficient (Wildman–Crippen LogP) is 5.16. The molecule has 0 atom stereocenters. The van der Waals surface area contributed by atoms with E-state index in [9.17, 15) is 4.79 Å². The van der Waals surface area contributed by atoms with E-state index in [0.717, 1.165) is 16.7 Å². The van der Waals surface area contributed by atoms with Gasteiger partial charge in [-0.2, -0.15) is 5.10 Å². The number of rotatable bonds is 10. The SMILES string of the molecule is CCOc1cc(/C=N\NC(=O)COc2ccccc2C)ccc1OCc1cccc(Cl)c1. The maximum absolute atomic E-state index is 12.0. The van der Waals surface area contributed by atoms with Crippen molar-refractivity contribution in [1.29, 1.82) is 0 Å². The van der Waals surface area contributed by atoms with Crippen LogP contribution >= 0.6 is 11.6 Å². The Morgan fingerprint density at radius 2 is 1.81 bits per heavy atom. The van der Waals surface area contributed by atoms with Crippen LogP contribution in [0.2, 0.25) is 5.02 Å². The third kappa shape index (κ3) is 7.03. The molecule has 32 heavy (non-hydrogen) atoms. The first-order valence-corrected chi connectivity index (χ1v) is 10.6. The number of carbonyl (C=O) groups excluding carboxylic acids is 1. The van der Waals surface area contributed by atoms with Crippen LogP contribution in [0.15, 0.2) is 71.8 Å². The normalized spacial score (nSPS) is 10.7. The fourth-order valence-corrected chi connectivity index (χ4v) is 3.07. The van der Waals surface area contributed by atoms with E-state index in [1.807, 2.05) is 68.4 Å². The van der Waals surface area contributed by atoms with E-state index in [0.29, 0.717) is 35.5 Å². The molecule has 0 saturated heterocycles. The molecule has 7 heteroatoms. The number of nitrogens with one attached hydrogen (secondary N) is 1. The summed E-state index contributed by atoms with van der Waals surface area (Å²) >= 11 is 6.02. The van der Waals surface area contributed by atoms with E-state index in [4.69, 9.17) is 25.8 Å². The summed E-state index contributed by atoms with van der Waals surface area (Å²) in [7, 11) is 0. The summed E-state index contributed by atoms with van der Waals surface area (Å²) < 4.78 is 17.1. The van der Waals surface area contributed by atoms with E-state index >= 15 is 0 Å². The molecule has 0 fully saturated rings. The first kappa shape index (κ1) is 23.2. The van der Waals surface area contributed by atoms with Gasteiger partial charge in [0.05, 0.1) is 12.8 Å². The Labute approximate surface area is 192 Å². The topological polar surface area (TPSA) is 69.2 Å². The highest BCUT2D eigenvalue weighted by molar-refractivity contribution is 6.30. The molecule has 0 heterocycles. The maximum Gasteiger partial charge on any atom is 0.277 e. The van der Waals surface area contributed by atoms with Crippen LogP contribution in [0, 0.1) is 6.92 Å². The van der Waals surface area contributed by atoms with Gasteiger partial charge in [-0.3, -0.25) is 4.79 Å². The number of amides is 1. The van der Waals surface area contributed by atoms with Crippen molar-refractivity contribution in [3.63, 3.8) is 0 Å². The van der Waals surface area contributed by atoms with Crippen LogP contribution in [0.3, 0.4) is 0 Å². The Morgan fingerprint density at radius 1 is 0.969 bits per heavy atom. The van der Waals surface area contributed by atoms with Crippen LogP contribution in [0.4, 0.5) is 0 Å². The average molecular weight is 453 g/mol.